The summed E-state index contributed by atoms with van der Waals surface area (Å²) in [7, 11) is -3.64. The third-order valence-electron chi connectivity index (χ3n) is 4.25. The summed E-state index contributed by atoms with van der Waals surface area (Å²) in [4.78, 5) is 29.0. The van der Waals surface area contributed by atoms with Gasteiger partial charge in [0.2, 0.25) is 0 Å². The van der Waals surface area contributed by atoms with Crippen molar-refractivity contribution in [3.8, 4) is 0 Å². The molecule has 0 fully saturated rings. The molecule has 3 aromatic rings. The molecule has 0 atom stereocenters. The van der Waals surface area contributed by atoms with Gasteiger partial charge in [-0.2, -0.15) is 0 Å². The molecule has 0 aliphatic carbocycles. The van der Waals surface area contributed by atoms with Gasteiger partial charge >= 0.3 is 5.97 Å². The Morgan fingerprint density at radius 3 is 2.61 bits per heavy atom. The van der Waals surface area contributed by atoms with E-state index in [1.165, 1.54) is 22.6 Å². The van der Waals surface area contributed by atoms with Crippen molar-refractivity contribution in [2.45, 2.75) is 37.5 Å². The van der Waals surface area contributed by atoms with E-state index in [-0.39, 0.29) is 28.3 Å². The Balaban J connectivity index is 1.87. The Kier molecular flexibility index (Phi) is 5.33. The number of aryl methyl sites for hydroxylation is 1. The van der Waals surface area contributed by atoms with Gasteiger partial charge in [0.15, 0.2) is 9.84 Å². The van der Waals surface area contributed by atoms with Gasteiger partial charge in [-0.05, 0) is 44.5 Å². The predicted molar refractivity (Wildman–Crippen MR) is 104 cm³/mol. The summed E-state index contributed by atoms with van der Waals surface area (Å²) in [5.74, 6) is -0.786. The van der Waals surface area contributed by atoms with Crippen LogP contribution in [0.1, 0.15) is 35.5 Å². The van der Waals surface area contributed by atoms with E-state index in [4.69, 9.17) is 4.74 Å². The van der Waals surface area contributed by atoms with Gasteiger partial charge in [0.05, 0.1) is 21.4 Å². The number of ether oxygens (including phenoxy) is 1. The van der Waals surface area contributed by atoms with Gasteiger partial charge in [0, 0.05) is 12.3 Å². The maximum atomic E-state index is 12.5. The van der Waals surface area contributed by atoms with Gasteiger partial charge < -0.3 is 4.74 Å². The van der Waals surface area contributed by atoms with Crippen LogP contribution < -0.4 is 5.56 Å². The van der Waals surface area contributed by atoms with Crippen LogP contribution in [0, 0.1) is 6.92 Å². The first-order valence-corrected chi connectivity index (χ1v) is 10.2. The zero-order valence-electron chi connectivity index (χ0n) is 15.7. The first kappa shape index (κ1) is 19.8. The topological polar surface area (TPSA) is 94.8 Å². The average Bonchev–Trinajstić information content (AvgIpc) is 2.66. The van der Waals surface area contributed by atoms with Gasteiger partial charge in [0.25, 0.3) is 5.56 Å². The van der Waals surface area contributed by atoms with E-state index < -0.39 is 21.1 Å². The predicted octanol–water partition coefficient (Wildman–Crippen LogP) is 2.54. The monoisotopic (exact) mass is 400 g/mol. The molecular formula is C20H20N2O5S. The van der Waals surface area contributed by atoms with Gasteiger partial charge in [-0.25, -0.2) is 18.2 Å². The van der Waals surface area contributed by atoms with Crippen LogP contribution in [0.2, 0.25) is 0 Å². The standard InChI is InChI=1S/C20H20N2O5S/c1-13(2)28(25,26)17-7-5-4-6-16(17)20(24)27-12-15-10-19(23)22-11-14(3)8-9-18(22)21-15/h4-11,13H,12H2,1-3H3. The molecule has 0 amide bonds. The number of nitrogens with zero attached hydrogens (tertiary/aromatic N) is 2. The van der Waals surface area contributed by atoms with Crippen molar-refractivity contribution in [2.75, 3.05) is 0 Å². The molecule has 0 aliphatic heterocycles. The number of sulfone groups is 1. The molecule has 0 saturated carbocycles. The summed E-state index contributed by atoms with van der Waals surface area (Å²) >= 11 is 0. The van der Waals surface area contributed by atoms with Crippen molar-refractivity contribution in [1.82, 2.24) is 9.38 Å². The molecule has 146 valence electrons. The number of carbonyl (C=O) groups is 1. The van der Waals surface area contributed by atoms with Gasteiger partial charge in [-0.3, -0.25) is 9.20 Å². The Morgan fingerprint density at radius 1 is 1.18 bits per heavy atom. The summed E-state index contributed by atoms with van der Waals surface area (Å²) < 4.78 is 31.6. The minimum absolute atomic E-state index is 0.0377. The molecule has 7 nitrogen and oxygen atoms in total. The molecule has 0 radical (unpaired) electrons. The summed E-state index contributed by atoms with van der Waals surface area (Å²) in [6.07, 6.45) is 1.67. The van der Waals surface area contributed by atoms with Crippen molar-refractivity contribution in [3.05, 3.63) is 75.8 Å². The Bertz CT molecular complexity index is 1210. The van der Waals surface area contributed by atoms with Crippen LogP contribution in [0.15, 0.2) is 58.4 Å². The quantitative estimate of drug-likeness (QED) is 0.611. The van der Waals surface area contributed by atoms with Gasteiger partial charge in [-0.1, -0.05) is 18.2 Å². The zero-order valence-corrected chi connectivity index (χ0v) is 16.6. The van der Waals surface area contributed by atoms with E-state index in [0.717, 1.165) is 5.56 Å². The van der Waals surface area contributed by atoms with Crippen molar-refractivity contribution in [3.63, 3.8) is 0 Å². The number of hydrogen-bond acceptors (Lipinski definition) is 6. The van der Waals surface area contributed by atoms with E-state index in [0.29, 0.717) is 5.65 Å². The Morgan fingerprint density at radius 2 is 1.89 bits per heavy atom. The number of pyridine rings is 1. The molecule has 2 heterocycles. The minimum atomic E-state index is -3.64. The van der Waals surface area contributed by atoms with Crippen molar-refractivity contribution < 1.29 is 17.9 Å². The summed E-state index contributed by atoms with van der Waals surface area (Å²) in [6.45, 7) is 4.72. The lowest BCUT2D eigenvalue weighted by molar-refractivity contribution is 0.0463. The minimum Gasteiger partial charge on any atom is -0.456 e. The van der Waals surface area contributed by atoms with Crippen LogP contribution >= 0.6 is 0 Å². The SMILES string of the molecule is Cc1ccc2nc(COC(=O)c3ccccc3S(=O)(=O)C(C)C)cc(=O)n2c1. The average molecular weight is 400 g/mol. The molecule has 1 aromatic carbocycles. The number of rotatable bonds is 5. The van der Waals surface area contributed by atoms with Crippen LogP contribution in [0.5, 0.6) is 0 Å². The molecule has 28 heavy (non-hydrogen) atoms. The van der Waals surface area contributed by atoms with E-state index >= 15 is 0 Å². The fourth-order valence-corrected chi connectivity index (χ4v) is 3.92. The summed E-state index contributed by atoms with van der Waals surface area (Å²) in [5, 5.41) is -0.674. The highest BCUT2D eigenvalue weighted by atomic mass is 32.2. The maximum Gasteiger partial charge on any atom is 0.339 e. The van der Waals surface area contributed by atoms with Crippen LogP contribution in [0.4, 0.5) is 0 Å². The first-order valence-electron chi connectivity index (χ1n) is 8.69. The molecular weight excluding hydrogens is 380 g/mol. The maximum absolute atomic E-state index is 12.5. The highest BCUT2D eigenvalue weighted by Crippen LogP contribution is 2.21. The molecule has 3 rings (SSSR count). The van der Waals surface area contributed by atoms with E-state index in [1.807, 2.05) is 13.0 Å². The van der Waals surface area contributed by atoms with Crippen LogP contribution in [0.3, 0.4) is 0 Å². The third-order valence-corrected chi connectivity index (χ3v) is 6.46. The second-order valence-electron chi connectivity index (χ2n) is 6.69. The van der Waals surface area contributed by atoms with Crippen molar-refractivity contribution in [2.24, 2.45) is 0 Å². The molecule has 0 spiro atoms. The van der Waals surface area contributed by atoms with Gasteiger partial charge in [-0.15, -0.1) is 0 Å². The molecule has 0 saturated heterocycles. The lowest BCUT2D eigenvalue weighted by Gasteiger charge is -2.12. The molecule has 0 aliphatic rings. The zero-order chi connectivity index (χ0) is 20.5. The largest absolute Gasteiger partial charge is 0.456 e. The lowest BCUT2D eigenvalue weighted by Crippen LogP contribution is -2.19. The number of benzene rings is 1. The Labute approximate surface area is 162 Å². The number of esters is 1. The number of fused-ring (bicyclic) bond motifs is 1. The second kappa shape index (κ2) is 7.55. The normalized spacial score (nSPS) is 11.7. The molecule has 0 unspecified atom stereocenters. The first-order chi connectivity index (χ1) is 13.2. The smallest absolute Gasteiger partial charge is 0.339 e. The lowest BCUT2D eigenvalue weighted by atomic mass is 10.2. The van der Waals surface area contributed by atoms with E-state index in [2.05, 4.69) is 4.98 Å². The van der Waals surface area contributed by atoms with Gasteiger partial charge in [0.1, 0.15) is 12.3 Å². The Hall–Kier alpha value is -3.00. The number of aromatic nitrogens is 2. The fourth-order valence-electron chi connectivity index (χ4n) is 2.69. The molecule has 2 aromatic heterocycles. The molecule has 8 heteroatoms. The second-order valence-corrected chi connectivity index (χ2v) is 9.16. The molecule has 0 bridgehead atoms. The summed E-state index contributed by atoms with van der Waals surface area (Å²) in [5.41, 5.74) is 1.31. The highest BCUT2D eigenvalue weighted by molar-refractivity contribution is 7.92. The third kappa shape index (κ3) is 3.82. The fraction of sp³-hybridized carbons (Fsp3) is 0.250. The van der Waals surface area contributed by atoms with E-state index in [1.54, 1.807) is 38.2 Å². The molecule has 0 N–H and O–H groups in total. The van der Waals surface area contributed by atoms with Crippen LogP contribution in [-0.2, 0) is 21.2 Å². The van der Waals surface area contributed by atoms with Crippen LogP contribution in [0.25, 0.3) is 5.65 Å². The number of hydrogen-bond donors (Lipinski definition) is 0. The van der Waals surface area contributed by atoms with E-state index in [9.17, 15) is 18.0 Å². The summed E-state index contributed by atoms with van der Waals surface area (Å²) in [6, 6.07) is 10.7. The van der Waals surface area contributed by atoms with Crippen molar-refractivity contribution in [1.29, 1.82) is 0 Å². The van der Waals surface area contributed by atoms with Crippen molar-refractivity contribution >= 4 is 21.5 Å². The van der Waals surface area contributed by atoms with Crippen LogP contribution in [-0.4, -0.2) is 29.0 Å². The number of carbonyl (C=O) groups excluding carboxylic acids is 1. The highest BCUT2D eigenvalue weighted by Gasteiger charge is 2.26.